The lowest BCUT2D eigenvalue weighted by molar-refractivity contribution is -0.121. The smallest absolute Gasteiger partial charge is 0.315 e. The molecule has 30 heavy (non-hydrogen) atoms. The van der Waals surface area contributed by atoms with E-state index in [0.717, 1.165) is 18.4 Å². The van der Waals surface area contributed by atoms with Gasteiger partial charge in [0.05, 0.1) is 5.69 Å². The average Bonchev–Trinajstić information content (AvgIpc) is 3.23. The lowest BCUT2D eigenvalue weighted by atomic mass is 9.96. The largest absolute Gasteiger partial charge is 0.486 e. The molecule has 158 valence electrons. The summed E-state index contributed by atoms with van der Waals surface area (Å²) in [5, 5.41) is 8.74. The van der Waals surface area contributed by atoms with E-state index in [4.69, 9.17) is 9.47 Å². The molecule has 0 spiro atoms. The number of amides is 3. The summed E-state index contributed by atoms with van der Waals surface area (Å²) in [7, 11) is 0. The number of urea groups is 1. The van der Waals surface area contributed by atoms with Crippen LogP contribution in [0.1, 0.15) is 31.2 Å². The molecule has 0 unspecified atom stereocenters. The molecule has 1 saturated carbocycles. The average molecular weight is 474 g/mol. The zero-order valence-electron chi connectivity index (χ0n) is 16.5. The monoisotopic (exact) mass is 473 g/mol. The maximum absolute atomic E-state index is 13.2. The van der Waals surface area contributed by atoms with Crippen LogP contribution in [0.3, 0.4) is 0 Å². The lowest BCUT2D eigenvalue weighted by Gasteiger charge is -2.29. The molecule has 0 saturated heterocycles. The van der Waals surface area contributed by atoms with Crippen molar-refractivity contribution in [3.63, 3.8) is 0 Å². The minimum atomic E-state index is -0.937. The third kappa shape index (κ3) is 4.53. The summed E-state index contributed by atoms with van der Waals surface area (Å²) < 4.78 is 11.9. The van der Waals surface area contributed by atoms with Gasteiger partial charge in [-0.25, -0.2) is 4.79 Å². The molecular weight excluding hydrogens is 450 g/mol. The molecule has 3 N–H and O–H groups in total. The molecule has 0 radical (unpaired) electrons. The van der Waals surface area contributed by atoms with E-state index in [2.05, 4.69) is 31.9 Å². The summed E-state index contributed by atoms with van der Waals surface area (Å²) in [6, 6.07) is 12.8. The molecule has 0 aromatic heterocycles. The molecule has 0 bridgehead atoms. The van der Waals surface area contributed by atoms with E-state index in [9.17, 15) is 9.59 Å². The number of anilines is 1. The first-order chi connectivity index (χ1) is 14.6. The summed E-state index contributed by atoms with van der Waals surface area (Å²) in [5.41, 5.74) is 0.646. The maximum Gasteiger partial charge on any atom is 0.315 e. The Morgan fingerprint density at radius 1 is 1.00 bits per heavy atom. The van der Waals surface area contributed by atoms with Gasteiger partial charge >= 0.3 is 6.03 Å². The van der Waals surface area contributed by atoms with Crippen LogP contribution in [0.4, 0.5) is 10.5 Å². The number of carbonyl (C=O) groups excluding carboxylic acids is 2. The number of hydrogen-bond acceptors (Lipinski definition) is 4. The molecule has 0 atom stereocenters. The Kier molecular flexibility index (Phi) is 6.13. The maximum atomic E-state index is 13.2. The first-order valence-electron chi connectivity index (χ1n) is 10.1. The second-order valence-electron chi connectivity index (χ2n) is 7.51. The number of halogens is 1. The topological polar surface area (TPSA) is 88.7 Å². The van der Waals surface area contributed by atoms with E-state index in [0.29, 0.717) is 54.3 Å². The first kappa shape index (κ1) is 20.5. The summed E-state index contributed by atoms with van der Waals surface area (Å²) >= 11 is 3.48. The zero-order chi connectivity index (χ0) is 21.0. The Morgan fingerprint density at radius 2 is 1.67 bits per heavy atom. The fourth-order valence-corrected chi connectivity index (χ4v) is 4.25. The number of rotatable bonds is 5. The highest BCUT2D eigenvalue weighted by atomic mass is 79.9. The van der Waals surface area contributed by atoms with Crippen molar-refractivity contribution in [2.75, 3.05) is 18.5 Å². The highest BCUT2D eigenvalue weighted by Crippen LogP contribution is 2.39. The van der Waals surface area contributed by atoms with Crippen molar-refractivity contribution in [1.29, 1.82) is 0 Å². The van der Waals surface area contributed by atoms with Gasteiger partial charge in [0.25, 0.3) is 0 Å². The van der Waals surface area contributed by atoms with Gasteiger partial charge in [-0.15, -0.1) is 0 Å². The Balaban J connectivity index is 1.44. The molecule has 2 aromatic rings. The third-order valence-corrected chi connectivity index (χ3v) is 6.08. The second kappa shape index (κ2) is 8.95. The Morgan fingerprint density at radius 3 is 2.37 bits per heavy atom. The van der Waals surface area contributed by atoms with E-state index < -0.39 is 5.54 Å². The molecule has 8 heteroatoms. The summed E-state index contributed by atoms with van der Waals surface area (Å²) in [6.07, 6.45) is 2.96. The van der Waals surface area contributed by atoms with Crippen molar-refractivity contribution >= 4 is 33.6 Å². The standard InChI is InChI=1S/C22H24BrN3O4/c23-16-12-18-19(30-11-10-29-18)13-17(16)25-20(27)22(8-4-5-9-22)26-21(28)24-14-15-6-2-1-3-7-15/h1-3,6-7,12-13H,4-5,8-11,14H2,(H,25,27)(H2,24,26,28). The van der Waals surface area contributed by atoms with Gasteiger partial charge in [0.2, 0.25) is 5.91 Å². The molecule has 3 amide bonds. The molecule has 4 rings (SSSR count). The van der Waals surface area contributed by atoms with E-state index in [-0.39, 0.29) is 11.9 Å². The van der Waals surface area contributed by atoms with Gasteiger partial charge in [-0.1, -0.05) is 43.2 Å². The minimum absolute atomic E-state index is 0.229. The number of hydrogen-bond donors (Lipinski definition) is 3. The van der Waals surface area contributed by atoms with Gasteiger partial charge in [0.1, 0.15) is 18.8 Å². The minimum Gasteiger partial charge on any atom is -0.486 e. The van der Waals surface area contributed by atoms with Crippen LogP contribution in [0.25, 0.3) is 0 Å². The molecule has 2 aromatic carbocycles. The van der Waals surface area contributed by atoms with Gasteiger partial charge in [-0.05, 0) is 34.3 Å². The molecule has 1 aliphatic heterocycles. The summed E-state index contributed by atoms with van der Waals surface area (Å²) in [6.45, 7) is 1.36. The highest BCUT2D eigenvalue weighted by molar-refractivity contribution is 9.10. The normalized spacial score (nSPS) is 16.6. The Bertz CT molecular complexity index is 929. The second-order valence-corrected chi connectivity index (χ2v) is 8.37. The van der Waals surface area contributed by atoms with Crippen molar-refractivity contribution in [2.45, 2.75) is 37.8 Å². The van der Waals surface area contributed by atoms with Gasteiger partial charge in [-0.3, -0.25) is 4.79 Å². The van der Waals surface area contributed by atoms with Crippen molar-refractivity contribution in [2.24, 2.45) is 0 Å². The van der Waals surface area contributed by atoms with Crippen molar-refractivity contribution in [3.05, 3.63) is 52.5 Å². The van der Waals surface area contributed by atoms with Crippen LogP contribution < -0.4 is 25.4 Å². The molecule has 1 heterocycles. The Labute approximate surface area is 183 Å². The number of ether oxygens (including phenoxy) is 2. The van der Waals surface area contributed by atoms with E-state index in [1.165, 1.54) is 0 Å². The van der Waals surface area contributed by atoms with E-state index in [1.54, 1.807) is 12.1 Å². The first-order valence-corrected chi connectivity index (χ1v) is 10.9. The van der Waals surface area contributed by atoms with Crippen LogP contribution in [0.15, 0.2) is 46.9 Å². The predicted octanol–water partition coefficient (Wildman–Crippen LogP) is 3.97. The van der Waals surface area contributed by atoms with Gasteiger partial charge < -0.3 is 25.4 Å². The van der Waals surface area contributed by atoms with Crippen molar-refractivity contribution in [3.8, 4) is 11.5 Å². The molecule has 2 aliphatic rings. The molecule has 1 fully saturated rings. The van der Waals surface area contributed by atoms with Crippen LogP contribution in [0.2, 0.25) is 0 Å². The zero-order valence-corrected chi connectivity index (χ0v) is 18.1. The van der Waals surface area contributed by atoms with Gasteiger partial charge in [0.15, 0.2) is 11.5 Å². The SMILES string of the molecule is O=C(NCc1ccccc1)NC1(C(=O)Nc2cc3c(cc2Br)OCCO3)CCCC1. The van der Waals surface area contributed by atoms with Crippen molar-refractivity contribution in [1.82, 2.24) is 10.6 Å². The van der Waals surface area contributed by atoms with Crippen molar-refractivity contribution < 1.29 is 19.1 Å². The van der Waals surface area contributed by atoms with Crippen LogP contribution in [-0.2, 0) is 11.3 Å². The fraction of sp³-hybridized carbons (Fsp3) is 0.364. The molecular formula is C22H24BrN3O4. The Hall–Kier alpha value is -2.74. The van der Waals surface area contributed by atoms with Gasteiger partial charge in [-0.2, -0.15) is 0 Å². The summed E-state index contributed by atoms with van der Waals surface area (Å²) in [5.74, 6) is 1.00. The van der Waals surface area contributed by atoms with E-state index >= 15 is 0 Å². The van der Waals surface area contributed by atoms with Crippen LogP contribution >= 0.6 is 15.9 Å². The predicted molar refractivity (Wildman–Crippen MR) is 117 cm³/mol. The quantitative estimate of drug-likeness (QED) is 0.612. The van der Waals surface area contributed by atoms with E-state index in [1.807, 2.05) is 30.3 Å². The van der Waals surface area contributed by atoms with Crippen LogP contribution in [0, 0.1) is 0 Å². The summed E-state index contributed by atoms with van der Waals surface area (Å²) in [4.78, 5) is 25.8. The van der Waals surface area contributed by atoms with Crippen LogP contribution in [-0.4, -0.2) is 30.7 Å². The fourth-order valence-electron chi connectivity index (χ4n) is 3.83. The number of nitrogens with one attached hydrogen (secondary N) is 3. The number of fused-ring (bicyclic) bond motifs is 1. The third-order valence-electron chi connectivity index (χ3n) is 5.42. The number of benzene rings is 2. The number of carbonyl (C=O) groups is 2. The molecule has 7 nitrogen and oxygen atoms in total. The van der Waals surface area contributed by atoms with Crippen LogP contribution in [0.5, 0.6) is 11.5 Å². The van der Waals surface area contributed by atoms with Gasteiger partial charge in [0, 0.05) is 23.2 Å². The highest BCUT2D eigenvalue weighted by Gasteiger charge is 2.42. The molecule has 1 aliphatic carbocycles. The lowest BCUT2D eigenvalue weighted by Crippen LogP contribution is -2.57.